The van der Waals surface area contributed by atoms with Crippen molar-refractivity contribution in [2.45, 2.75) is 16.2 Å². The van der Waals surface area contributed by atoms with Crippen LogP contribution in [0.5, 0.6) is 0 Å². The van der Waals surface area contributed by atoms with Crippen LogP contribution in [0.1, 0.15) is 22.3 Å². The lowest BCUT2D eigenvalue weighted by Crippen LogP contribution is -2.16. The molecule has 0 aliphatic rings. The fourth-order valence-electron chi connectivity index (χ4n) is 4.94. The van der Waals surface area contributed by atoms with Gasteiger partial charge < -0.3 is 10.6 Å². The molecule has 0 spiro atoms. The van der Waals surface area contributed by atoms with Crippen LogP contribution < -0.4 is 10.6 Å². The standard InChI is InChI=1S/C39H32N4O4S2/c44-48(45,36-17-9-3-10-18-36)42-38(32-13-5-1-6-14-32)40-34-25-21-30(22-26-34)29-31-23-27-35(28-24-31)41-39(33-15-7-2-8-16-33)43-49(46,47)37-19-11-4-12-20-37/h1-28H,29H2,(H,40,42)(H,41,43). The minimum atomic E-state index is -3.94. The monoisotopic (exact) mass is 684 g/mol. The second kappa shape index (κ2) is 14.9. The van der Waals surface area contributed by atoms with Crippen LogP contribution in [0, 0.1) is 0 Å². The average molecular weight is 685 g/mol. The third-order valence-corrected chi connectivity index (χ3v) is 10.0. The van der Waals surface area contributed by atoms with Gasteiger partial charge in [-0.05, 0) is 66.1 Å². The van der Waals surface area contributed by atoms with Crippen LogP contribution in [-0.4, -0.2) is 28.5 Å². The molecule has 2 N–H and O–H groups in total. The lowest BCUT2D eigenvalue weighted by Gasteiger charge is -2.12. The van der Waals surface area contributed by atoms with Gasteiger partial charge in [0.2, 0.25) is 0 Å². The van der Waals surface area contributed by atoms with Gasteiger partial charge in [-0.3, -0.25) is 0 Å². The van der Waals surface area contributed by atoms with Crippen LogP contribution in [0.15, 0.2) is 188 Å². The van der Waals surface area contributed by atoms with Crippen molar-refractivity contribution in [2.24, 2.45) is 8.80 Å². The predicted molar refractivity (Wildman–Crippen MR) is 196 cm³/mol. The summed E-state index contributed by atoms with van der Waals surface area (Å²) >= 11 is 0. The van der Waals surface area contributed by atoms with Gasteiger partial charge in [-0.15, -0.1) is 8.80 Å². The lowest BCUT2D eigenvalue weighted by molar-refractivity contribution is 0.596. The lowest BCUT2D eigenvalue weighted by atomic mass is 10.0. The molecular formula is C39H32N4O4S2. The first kappa shape index (κ1) is 33.1. The number of nitrogens with one attached hydrogen (secondary N) is 2. The van der Waals surface area contributed by atoms with Crippen molar-refractivity contribution < 1.29 is 16.8 Å². The van der Waals surface area contributed by atoms with E-state index < -0.39 is 20.0 Å². The number of anilines is 2. The summed E-state index contributed by atoms with van der Waals surface area (Å²) in [6.07, 6.45) is 0.643. The molecule has 0 aromatic heterocycles. The Bertz CT molecular complexity index is 2110. The Labute approximate surface area is 286 Å². The van der Waals surface area contributed by atoms with E-state index in [4.69, 9.17) is 0 Å². The number of benzene rings is 6. The molecule has 6 rings (SSSR count). The molecule has 0 fully saturated rings. The minimum Gasteiger partial charge on any atom is -0.339 e. The summed E-state index contributed by atoms with van der Waals surface area (Å²) in [5.74, 6) is 0.436. The van der Waals surface area contributed by atoms with Crippen LogP contribution in [0.3, 0.4) is 0 Å². The summed E-state index contributed by atoms with van der Waals surface area (Å²) in [6.45, 7) is 0. The SMILES string of the molecule is O=S(=O)(/N=C(\Nc1ccc(Cc2ccc(N/C(=N/S(=O)(=O)c3ccccc3)c3ccccc3)cc2)cc1)c1ccccc1)c1ccccc1. The number of hydrogen-bond acceptors (Lipinski definition) is 4. The van der Waals surface area contributed by atoms with E-state index in [1.54, 1.807) is 60.7 Å². The number of amidine groups is 2. The fourth-order valence-corrected chi connectivity index (χ4v) is 6.93. The van der Waals surface area contributed by atoms with Gasteiger partial charge in [0, 0.05) is 22.5 Å². The van der Waals surface area contributed by atoms with E-state index in [9.17, 15) is 16.8 Å². The molecule has 10 heteroatoms. The summed E-state index contributed by atoms with van der Waals surface area (Å²) in [6, 6.07) is 49.9. The van der Waals surface area contributed by atoms with E-state index in [1.807, 2.05) is 84.9 Å². The van der Waals surface area contributed by atoms with E-state index >= 15 is 0 Å². The molecule has 0 atom stereocenters. The van der Waals surface area contributed by atoms with Gasteiger partial charge in [0.1, 0.15) is 0 Å². The first-order valence-electron chi connectivity index (χ1n) is 15.4. The van der Waals surface area contributed by atoms with Crippen molar-refractivity contribution in [2.75, 3.05) is 10.6 Å². The molecule has 0 heterocycles. The summed E-state index contributed by atoms with van der Waals surface area (Å²) in [7, 11) is -7.89. The van der Waals surface area contributed by atoms with E-state index in [1.165, 1.54) is 24.3 Å². The molecule has 0 bridgehead atoms. The molecule has 6 aromatic carbocycles. The molecule has 49 heavy (non-hydrogen) atoms. The molecule has 0 unspecified atom stereocenters. The van der Waals surface area contributed by atoms with Crippen molar-refractivity contribution in [3.05, 3.63) is 192 Å². The number of sulfonamides is 2. The van der Waals surface area contributed by atoms with Crippen molar-refractivity contribution >= 4 is 43.1 Å². The third kappa shape index (κ3) is 8.75. The Hall–Kier alpha value is -5.84. The topological polar surface area (TPSA) is 117 Å². The summed E-state index contributed by atoms with van der Waals surface area (Å²) in [5, 5.41) is 6.37. The molecule has 0 aliphatic heterocycles. The van der Waals surface area contributed by atoms with Gasteiger partial charge in [-0.2, -0.15) is 16.8 Å². The van der Waals surface area contributed by atoms with Gasteiger partial charge in [0.25, 0.3) is 20.0 Å². The van der Waals surface area contributed by atoms with Gasteiger partial charge in [0.15, 0.2) is 11.7 Å². The summed E-state index contributed by atoms with van der Waals surface area (Å²) in [5.41, 5.74) is 4.74. The maximum Gasteiger partial charge on any atom is 0.284 e. The van der Waals surface area contributed by atoms with Crippen LogP contribution in [-0.2, 0) is 26.5 Å². The first-order valence-corrected chi connectivity index (χ1v) is 18.3. The number of hydrogen-bond donors (Lipinski definition) is 2. The zero-order valence-corrected chi connectivity index (χ0v) is 27.8. The van der Waals surface area contributed by atoms with Crippen LogP contribution >= 0.6 is 0 Å². The normalized spacial score (nSPS) is 12.3. The van der Waals surface area contributed by atoms with Gasteiger partial charge in [-0.25, -0.2) is 0 Å². The molecule has 0 radical (unpaired) electrons. The average Bonchev–Trinajstić information content (AvgIpc) is 3.14. The van der Waals surface area contributed by atoms with Gasteiger partial charge in [-0.1, -0.05) is 121 Å². The molecule has 6 aromatic rings. The Morgan fingerprint density at radius 1 is 0.408 bits per heavy atom. The molecule has 244 valence electrons. The zero-order valence-electron chi connectivity index (χ0n) is 26.2. The molecule has 0 aliphatic carbocycles. The fraction of sp³-hybridized carbons (Fsp3) is 0.0256. The van der Waals surface area contributed by atoms with Crippen LogP contribution in [0.4, 0.5) is 11.4 Å². The second-order valence-corrected chi connectivity index (χ2v) is 14.2. The maximum absolute atomic E-state index is 13.1. The zero-order chi connectivity index (χ0) is 34.1. The van der Waals surface area contributed by atoms with Gasteiger partial charge >= 0.3 is 0 Å². The highest BCUT2D eigenvalue weighted by atomic mass is 32.2. The number of rotatable bonds is 10. The van der Waals surface area contributed by atoms with Crippen molar-refractivity contribution in [1.82, 2.24) is 0 Å². The van der Waals surface area contributed by atoms with E-state index in [-0.39, 0.29) is 21.5 Å². The third-order valence-electron chi connectivity index (χ3n) is 7.44. The van der Waals surface area contributed by atoms with Crippen molar-refractivity contribution in [3.63, 3.8) is 0 Å². The van der Waals surface area contributed by atoms with Crippen LogP contribution in [0.2, 0.25) is 0 Å². The Balaban J connectivity index is 1.17. The van der Waals surface area contributed by atoms with Crippen molar-refractivity contribution in [1.29, 1.82) is 0 Å². The minimum absolute atomic E-state index is 0.114. The summed E-state index contributed by atoms with van der Waals surface area (Å²) < 4.78 is 60.6. The van der Waals surface area contributed by atoms with Gasteiger partial charge in [0.05, 0.1) is 9.79 Å². The molecular weight excluding hydrogens is 653 g/mol. The van der Waals surface area contributed by atoms with Crippen molar-refractivity contribution in [3.8, 4) is 0 Å². The Morgan fingerprint density at radius 2 is 0.714 bits per heavy atom. The number of nitrogens with zero attached hydrogens (tertiary/aromatic N) is 2. The second-order valence-electron chi connectivity index (χ2n) is 11.0. The highest BCUT2D eigenvalue weighted by Crippen LogP contribution is 2.20. The largest absolute Gasteiger partial charge is 0.339 e. The highest BCUT2D eigenvalue weighted by Gasteiger charge is 2.17. The van der Waals surface area contributed by atoms with E-state index in [2.05, 4.69) is 19.4 Å². The first-order chi connectivity index (χ1) is 23.7. The van der Waals surface area contributed by atoms with E-state index in [0.29, 0.717) is 28.9 Å². The maximum atomic E-state index is 13.1. The molecule has 0 saturated heterocycles. The molecule has 8 nitrogen and oxygen atoms in total. The predicted octanol–water partition coefficient (Wildman–Crippen LogP) is 7.77. The Morgan fingerprint density at radius 3 is 1.04 bits per heavy atom. The smallest absolute Gasteiger partial charge is 0.284 e. The highest BCUT2D eigenvalue weighted by molar-refractivity contribution is 7.90. The quantitative estimate of drug-likeness (QED) is 0.113. The summed E-state index contributed by atoms with van der Waals surface area (Å²) in [4.78, 5) is 0.227. The van der Waals surface area contributed by atoms with Crippen LogP contribution in [0.25, 0.3) is 0 Å². The Kier molecular flexibility index (Phi) is 10.1. The molecule has 0 amide bonds. The van der Waals surface area contributed by atoms with E-state index in [0.717, 1.165) is 11.1 Å². The molecule has 0 saturated carbocycles.